The Kier molecular flexibility index (Phi) is 4.22. The summed E-state index contributed by atoms with van der Waals surface area (Å²) in [5.41, 5.74) is 1.38. The highest BCUT2D eigenvalue weighted by Gasteiger charge is 2.58. The van der Waals surface area contributed by atoms with Crippen molar-refractivity contribution in [1.29, 1.82) is 0 Å². The molecule has 0 amide bonds. The van der Waals surface area contributed by atoms with Gasteiger partial charge in [-0.15, -0.1) is 0 Å². The number of nitrogens with zero attached hydrogens (tertiary/aromatic N) is 1. The Morgan fingerprint density at radius 3 is 2.86 bits per heavy atom. The number of allylic oxidation sites excluding steroid dienone is 2. The van der Waals surface area contributed by atoms with Crippen molar-refractivity contribution < 1.29 is 23.6 Å². The lowest BCUT2D eigenvalue weighted by atomic mass is 9.70. The van der Waals surface area contributed by atoms with E-state index in [1.165, 1.54) is 6.08 Å². The molecule has 4 rings (SSSR count). The summed E-state index contributed by atoms with van der Waals surface area (Å²) in [4.78, 5) is 26.1. The van der Waals surface area contributed by atoms with Gasteiger partial charge in [0.2, 0.25) is 0 Å². The van der Waals surface area contributed by atoms with Crippen LogP contribution >= 0.6 is 0 Å². The molecule has 0 spiro atoms. The van der Waals surface area contributed by atoms with Gasteiger partial charge in [0.05, 0.1) is 12.2 Å². The Hall–Kier alpha value is -3.15. The minimum Gasteiger partial charge on any atom is -0.488 e. The third-order valence-corrected chi connectivity index (χ3v) is 5.42. The quantitative estimate of drug-likeness (QED) is 0.591. The zero-order chi connectivity index (χ0) is 20.1. The second-order valence-electron chi connectivity index (χ2n) is 7.21. The highest BCUT2D eigenvalue weighted by Crippen LogP contribution is 2.54. The van der Waals surface area contributed by atoms with Gasteiger partial charge in [0, 0.05) is 11.8 Å². The summed E-state index contributed by atoms with van der Waals surface area (Å²) in [6, 6.07) is 7.27. The molecular formula is C22H21NO5. The van der Waals surface area contributed by atoms with Crippen LogP contribution < -0.4 is 0 Å². The second kappa shape index (κ2) is 6.48. The maximum absolute atomic E-state index is 13.1. The predicted molar refractivity (Wildman–Crippen MR) is 103 cm³/mol. The molecule has 2 atom stereocenters. The van der Waals surface area contributed by atoms with E-state index < -0.39 is 17.5 Å². The van der Waals surface area contributed by atoms with Crippen LogP contribution in [0.2, 0.25) is 0 Å². The molecule has 1 fully saturated rings. The molecule has 1 aromatic carbocycles. The summed E-state index contributed by atoms with van der Waals surface area (Å²) in [5.74, 6) is -0.419. The second-order valence-corrected chi connectivity index (χ2v) is 7.21. The Bertz CT molecular complexity index is 1070. The monoisotopic (exact) mass is 379 g/mol. The number of fused-ring (bicyclic) bond motifs is 2. The molecule has 0 saturated carbocycles. The topological polar surface area (TPSA) is 78.6 Å². The molecule has 0 bridgehead atoms. The number of ketones is 1. The Labute approximate surface area is 162 Å². The van der Waals surface area contributed by atoms with Crippen LogP contribution in [0.3, 0.4) is 0 Å². The van der Waals surface area contributed by atoms with E-state index in [4.69, 9.17) is 14.0 Å². The van der Waals surface area contributed by atoms with E-state index in [1.54, 1.807) is 19.9 Å². The predicted octanol–water partition coefficient (Wildman–Crippen LogP) is 3.98. The molecule has 2 aromatic rings. The minimum absolute atomic E-state index is 0.231. The molecule has 0 N–H and O–H groups in total. The first-order valence-electron chi connectivity index (χ1n) is 9.22. The van der Waals surface area contributed by atoms with E-state index in [1.807, 2.05) is 25.1 Å². The maximum atomic E-state index is 13.1. The first-order valence-corrected chi connectivity index (χ1v) is 9.22. The standard InChI is InChI=1S/C22H21NO5/c1-5-26-21(25)22-11-17(12(2)3)27-20(22)18(15(24)10-13(22)4)19-14-8-6-7-9-16(14)28-23-19/h6-10,17H,2,5,11H2,1,3-4H3/t17-,22-/m0/s1. The molecule has 6 nitrogen and oxygen atoms in total. The number of benzene rings is 1. The molecule has 1 aromatic heterocycles. The Morgan fingerprint density at radius 2 is 2.14 bits per heavy atom. The number of carbonyl (C=O) groups excluding carboxylic acids is 2. The molecule has 2 heterocycles. The minimum atomic E-state index is -1.16. The van der Waals surface area contributed by atoms with Gasteiger partial charge in [0.1, 0.15) is 17.6 Å². The normalized spacial score (nSPS) is 24.0. The van der Waals surface area contributed by atoms with Crippen LogP contribution in [0.25, 0.3) is 16.5 Å². The molecule has 2 aliphatic rings. The fraction of sp³-hybridized carbons (Fsp3) is 0.318. The highest BCUT2D eigenvalue weighted by molar-refractivity contribution is 6.30. The van der Waals surface area contributed by atoms with E-state index >= 15 is 0 Å². The lowest BCUT2D eigenvalue weighted by Crippen LogP contribution is -2.37. The molecule has 144 valence electrons. The Morgan fingerprint density at radius 1 is 1.39 bits per heavy atom. The molecule has 28 heavy (non-hydrogen) atoms. The average molecular weight is 379 g/mol. The summed E-state index contributed by atoms with van der Waals surface area (Å²) in [7, 11) is 0. The van der Waals surface area contributed by atoms with Gasteiger partial charge in [-0.3, -0.25) is 9.59 Å². The van der Waals surface area contributed by atoms with Crippen molar-refractivity contribution in [1.82, 2.24) is 5.16 Å². The van der Waals surface area contributed by atoms with Crippen LogP contribution in [0.15, 0.2) is 58.3 Å². The van der Waals surface area contributed by atoms with E-state index in [0.29, 0.717) is 28.7 Å². The first kappa shape index (κ1) is 18.2. The molecule has 1 aliphatic carbocycles. The highest BCUT2D eigenvalue weighted by atomic mass is 16.5. The van der Waals surface area contributed by atoms with E-state index in [2.05, 4.69) is 11.7 Å². The van der Waals surface area contributed by atoms with Crippen LogP contribution in [0.5, 0.6) is 0 Å². The third kappa shape index (κ3) is 2.44. The van der Waals surface area contributed by atoms with Crippen LogP contribution in [0.1, 0.15) is 32.9 Å². The summed E-state index contributed by atoms with van der Waals surface area (Å²) < 4.78 is 16.9. The summed E-state index contributed by atoms with van der Waals surface area (Å²) >= 11 is 0. The maximum Gasteiger partial charge on any atom is 0.324 e. The van der Waals surface area contributed by atoms with Gasteiger partial charge in [0.25, 0.3) is 0 Å². The van der Waals surface area contributed by atoms with Crippen LogP contribution in [0, 0.1) is 5.41 Å². The number of esters is 1. The van der Waals surface area contributed by atoms with E-state index in [9.17, 15) is 9.59 Å². The smallest absolute Gasteiger partial charge is 0.324 e. The third-order valence-electron chi connectivity index (χ3n) is 5.42. The lowest BCUT2D eigenvalue weighted by Gasteiger charge is -2.31. The van der Waals surface area contributed by atoms with Crippen molar-refractivity contribution in [2.75, 3.05) is 6.61 Å². The van der Waals surface area contributed by atoms with Crippen molar-refractivity contribution >= 4 is 28.3 Å². The zero-order valence-corrected chi connectivity index (χ0v) is 16.1. The summed E-state index contributed by atoms with van der Waals surface area (Å²) in [6.45, 7) is 9.56. The summed E-state index contributed by atoms with van der Waals surface area (Å²) in [6.07, 6.45) is 1.41. The van der Waals surface area contributed by atoms with Gasteiger partial charge in [0.15, 0.2) is 16.8 Å². The van der Waals surface area contributed by atoms with Crippen LogP contribution in [0.4, 0.5) is 0 Å². The number of carbonyl (C=O) groups is 2. The molecular weight excluding hydrogens is 358 g/mol. The van der Waals surface area contributed by atoms with Gasteiger partial charge in [-0.1, -0.05) is 23.9 Å². The van der Waals surface area contributed by atoms with Crippen LogP contribution in [-0.4, -0.2) is 29.6 Å². The van der Waals surface area contributed by atoms with Gasteiger partial charge in [-0.25, -0.2) is 0 Å². The summed E-state index contributed by atoms with van der Waals surface area (Å²) in [5, 5.41) is 4.81. The fourth-order valence-electron chi connectivity index (χ4n) is 3.93. The van der Waals surface area contributed by atoms with Crippen molar-refractivity contribution in [3.05, 3.63) is 59.5 Å². The number of rotatable bonds is 4. The number of para-hydroxylation sites is 1. The molecule has 1 saturated heterocycles. The fourth-order valence-corrected chi connectivity index (χ4v) is 3.93. The number of hydrogen-bond acceptors (Lipinski definition) is 6. The van der Waals surface area contributed by atoms with Crippen molar-refractivity contribution in [3.63, 3.8) is 0 Å². The van der Waals surface area contributed by atoms with Crippen molar-refractivity contribution in [2.24, 2.45) is 5.41 Å². The number of hydrogen-bond donors (Lipinski definition) is 0. The largest absolute Gasteiger partial charge is 0.488 e. The van der Waals surface area contributed by atoms with Crippen molar-refractivity contribution in [3.8, 4) is 0 Å². The van der Waals surface area contributed by atoms with E-state index in [-0.39, 0.29) is 23.7 Å². The first-order chi connectivity index (χ1) is 13.4. The molecule has 1 aliphatic heterocycles. The molecule has 6 heteroatoms. The van der Waals surface area contributed by atoms with Gasteiger partial charge in [-0.2, -0.15) is 0 Å². The SMILES string of the molecule is C=C(C)[C@@H]1C[C@]2(C(=O)OCC)C(C)=CC(=O)C(c3noc4ccccc34)=C2O1. The van der Waals surface area contributed by atoms with Crippen LogP contribution in [-0.2, 0) is 19.1 Å². The molecule has 0 radical (unpaired) electrons. The average Bonchev–Trinajstić information content (AvgIpc) is 3.26. The number of ether oxygens (including phenoxy) is 2. The van der Waals surface area contributed by atoms with E-state index in [0.717, 1.165) is 5.57 Å². The van der Waals surface area contributed by atoms with Gasteiger partial charge < -0.3 is 14.0 Å². The van der Waals surface area contributed by atoms with Crippen molar-refractivity contribution in [2.45, 2.75) is 33.3 Å². The lowest BCUT2D eigenvalue weighted by molar-refractivity contribution is -0.151. The zero-order valence-electron chi connectivity index (χ0n) is 16.1. The Balaban J connectivity index is 2.00. The van der Waals surface area contributed by atoms with Gasteiger partial charge in [-0.05, 0) is 50.1 Å². The number of aromatic nitrogens is 1. The molecule has 0 unspecified atom stereocenters. The van der Waals surface area contributed by atoms with Gasteiger partial charge >= 0.3 is 5.97 Å².